The number of hydrogen-bond donors (Lipinski definition) is 1. The minimum Gasteiger partial charge on any atom is -0.381 e. The number of benzene rings is 1. The third-order valence-corrected chi connectivity index (χ3v) is 7.10. The summed E-state index contributed by atoms with van der Waals surface area (Å²) in [5, 5.41) is 0. The van der Waals surface area contributed by atoms with E-state index in [-0.39, 0.29) is 31.0 Å². The largest absolute Gasteiger partial charge is 0.381 e. The highest BCUT2D eigenvalue weighted by atomic mass is 32.2. The lowest BCUT2D eigenvalue weighted by molar-refractivity contribution is -0.122. The maximum atomic E-state index is 13.0. The summed E-state index contributed by atoms with van der Waals surface area (Å²) in [6, 6.07) is 6.85. The topological polar surface area (TPSA) is 86.5 Å². The van der Waals surface area contributed by atoms with E-state index in [2.05, 4.69) is 19.8 Å². The number of ether oxygens (including phenoxy) is 1. The predicted octanol–water partition coefficient (Wildman–Crippen LogP) is 2.48. The first-order valence-electron chi connectivity index (χ1n) is 8.48. The Hall–Kier alpha value is -1.84. The number of amides is 1. The van der Waals surface area contributed by atoms with Gasteiger partial charge in [0.15, 0.2) is 14.6 Å². The molecule has 0 aromatic heterocycles. The van der Waals surface area contributed by atoms with E-state index in [9.17, 15) is 13.2 Å². The van der Waals surface area contributed by atoms with Gasteiger partial charge in [0.2, 0.25) is 5.91 Å². The molecule has 0 spiro atoms. The second-order valence-electron chi connectivity index (χ2n) is 6.08. The average Bonchev–Trinajstić information content (AvgIpc) is 2.64. The van der Waals surface area contributed by atoms with Crippen LogP contribution in [-0.2, 0) is 25.8 Å². The van der Waals surface area contributed by atoms with Crippen LogP contribution in [0.2, 0.25) is 0 Å². The van der Waals surface area contributed by atoms with E-state index in [1.54, 1.807) is 12.1 Å². The summed E-state index contributed by atoms with van der Waals surface area (Å²) >= 11 is 0. The Bertz CT molecular complexity index is 671. The molecule has 0 unspecified atom stereocenters. The van der Waals surface area contributed by atoms with E-state index in [0.717, 1.165) is 31.2 Å². The lowest BCUT2D eigenvalue weighted by atomic mass is 9.98. The summed E-state index contributed by atoms with van der Waals surface area (Å²) in [5.74, 6) is -0.784. The zero-order valence-electron chi connectivity index (χ0n) is 14.7. The molecule has 1 fully saturated rings. The molecule has 0 saturated carbocycles. The molecular weight excluding hydrogens is 338 g/mol. The van der Waals surface area contributed by atoms with Crippen molar-refractivity contribution in [2.45, 2.75) is 55.1 Å². The Balaban J connectivity index is 0.00000151. The van der Waals surface area contributed by atoms with Crippen molar-refractivity contribution in [3.63, 3.8) is 0 Å². The second-order valence-corrected chi connectivity index (χ2v) is 8.34. The number of rotatable bonds is 7. The normalized spacial score (nSPS) is 16.4. The number of primary amides is 1. The summed E-state index contributed by atoms with van der Waals surface area (Å²) < 4.78 is 29.6. The second kappa shape index (κ2) is 9.59. The molecule has 1 saturated heterocycles. The van der Waals surface area contributed by atoms with Crippen LogP contribution in [0.4, 0.5) is 0 Å². The number of hydrogen-bond acceptors (Lipinski definition) is 4. The predicted molar refractivity (Wildman–Crippen MR) is 98.7 cm³/mol. The van der Waals surface area contributed by atoms with Crippen LogP contribution in [0.1, 0.15) is 44.6 Å². The van der Waals surface area contributed by atoms with E-state index in [0.29, 0.717) is 0 Å². The molecule has 25 heavy (non-hydrogen) atoms. The number of carbonyl (C=O) groups is 1. The molecule has 1 aromatic carbocycles. The molecule has 1 aliphatic heterocycles. The average molecular weight is 365 g/mol. The van der Waals surface area contributed by atoms with Gasteiger partial charge in [0.25, 0.3) is 0 Å². The Kier molecular flexibility index (Phi) is 8.14. The van der Waals surface area contributed by atoms with E-state index in [4.69, 9.17) is 10.5 Å². The van der Waals surface area contributed by atoms with Gasteiger partial charge in [-0.1, -0.05) is 31.9 Å². The zero-order valence-corrected chi connectivity index (χ0v) is 15.6. The standard InChI is InChI=1S/C17H25NO4S.C2H2/c1-2-3-4-5-14-6-8-15(9-7-14)23(20,21)17(16(18)19)10-12-22-13-11-17;1-2/h6-9H,2-5,10-13H2,1H3,(H2,18,19);1-2H. The SMILES string of the molecule is C#C.CCCCCc1ccc(S(=O)(=O)C2(C(N)=O)CCOCC2)cc1. The molecule has 2 rings (SSSR count). The smallest absolute Gasteiger partial charge is 0.239 e. The van der Waals surface area contributed by atoms with E-state index in [1.807, 2.05) is 12.1 Å². The zero-order chi connectivity index (χ0) is 18.9. The molecule has 138 valence electrons. The number of unbranched alkanes of at least 4 members (excludes halogenated alkanes) is 2. The Labute approximate surface area is 150 Å². The minimum absolute atomic E-state index is 0.114. The van der Waals surface area contributed by atoms with Gasteiger partial charge in [-0.05, 0) is 43.4 Å². The van der Waals surface area contributed by atoms with Gasteiger partial charge in [-0.15, -0.1) is 12.8 Å². The number of nitrogens with two attached hydrogens (primary N) is 1. The van der Waals surface area contributed by atoms with Gasteiger partial charge in [-0.2, -0.15) is 0 Å². The lowest BCUT2D eigenvalue weighted by Crippen LogP contribution is -2.53. The van der Waals surface area contributed by atoms with Crippen LogP contribution >= 0.6 is 0 Å². The first-order valence-corrected chi connectivity index (χ1v) is 9.97. The van der Waals surface area contributed by atoms with Crippen molar-refractivity contribution in [3.8, 4) is 12.8 Å². The van der Waals surface area contributed by atoms with Crippen LogP contribution in [-0.4, -0.2) is 32.3 Å². The molecule has 1 aliphatic rings. The molecular formula is C19H27NO4S. The maximum Gasteiger partial charge on any atom is 0.239 e. The Morgan fingerprint density at radius 2 is 1.72 bits per heavy atom. The highest BCUT2D eigenvalue weighted by molar-refractivity contribution is 7.93. The first-order chi connectivity index (χ1) is 11.9. The van der Waals surface area contributed by atoms with E-state index < -0.39 is 20.5 Å². The van der Waals surface area contributed by atoms with Crippen molar-refractivity contribution in [2.24, 2.45) is 5.73 Å². The molecule has 6 heteroatoms. The number of aryl methyl sites for hydroxylation is 1. The van der Waals surface area contributed by atoms with Gasteiger partial charge in [0.1, 0.15) is 0 Å². The fraction of sp³-hybridized carbons (Fsp3) is 0.526. The van der Waals surface area contributed by atoms with Crippen LogP contribution in [0.3, 0.4) is 0 Å². The molecule has 2 N–H and O–H groups in total. The highest BCUT2D eigenvalue weighted by Gasteiger charge is 2.50. The fourth-order valence-corrected chi connectivity index (χ4v) is 4.90. The number of terminal acetylenes is 1. The van der Waals surface area contributed by atoms with Crippen LogP contribution < -0.4 is 5.73 Å². The van der Waals surface area contributed by atoms with Gasteiger partial charge < -0.3 is 10.5 Å². The van der Waals surface area contributed by atoms with Crippen LogP contribution in [0.15, 0.2) is 29.2 Å². The molecule has 0 radical (unpaired) electrons. The Morgan fingerprint density at radius 1 is 1.16 bits per heavy atom. The maximum absolute atomic E-state index is 13.0. The summed E-state index contributed by atoms with van der Waals surface area (Å²) in [6.45, 7) is 2.61. The molecule has 0 aliphatic carbocycles. The van der Waals surface area contributed by atoms with Crippen molar-refractivity contribution in [1.82, 2.24) is 0 Å². The summed E-state index contributed by atoms with van der Waals surface area (Å²) in [6.07, 6.45) is 12.6. The first kappa shape index (κ1) is 21.2. The van der Waals surface area contributed by atoms with Crippen molar-refractivity contribution in [3.05, 3.63) is 29.8 Å². The third-order valence-electron chi connectivity index (χ3n) is 4.57. The molecule has 0 bridgehead atoms. The number of carbonyl (C=O) groups excluding carboxylic acids is 1. The van der Waals surface area contributed by atoms with Crippen LogP contribution in [0.5, 0.6) is 0 Å². The number of sulfone groups is 1. The Morgan fingerprint density at radius 3 is 2.20 bits per heavy atom. The van der Waals surface area contributed by atoms with Gasteiger partial charge in [0.05, 0.1) is 4.90 Å². The van der Waals surface area contributed by atoms with Crippen molar-refractivity contribution in [2.75, 3.05) is 13.2 Å². The lowest BCUT2D eigenvalue weighted by Gasteiger charge is -2.33. The molecule has 0 atom stereocenters. The van der Waals surface area contributed by atoms with Gasteiger partial charge in [-0.3, -0.25) is 4.79 Å². The van der Waals surface area contributed by atoms with Gasteiger partial charge in [0, 0.05) is 13.2 Å². The molecule has 5 nitrogen and oxygen atoms in total. The van der Waals surface area contributed by atoms with Gasteiger partial charge >= 0.3 is 0 Å². The monoisotopic (exact) mass is 365 g/mol. The van der Waals surface area contributed by atoms with Crippen LogP contribution in [0.25, 0.3) is 0 Å². The van der Waals surface area contributed by atoms with Gasteiger partial charge in [-0.25, -0.2) is 8.42 Å². The third kappa shape index (κ3) is 4.62. The molecule has 1 aromatic rings. The quantitative estimate of drug-likeness (QED) is 0.594. The van der Waals surface area contributed by atoms with Crippen molar-refractivity contribution < 1.29 is 17.9 Å². The van der Waals surface area contributed by atoms with E-state index >= 15 is 0 Å². The van der Waals surface area contributed by atoms with Crippen LogP contribution in [0, 0.1) is 12.8 Å². The van der Waals surface area contributed by atoms with Crippen molar-refractivity contribution in [1.29, 1.82) is 0 Å². The molecule has 1 amide bonds. The molecule has 1 heterocycles. The highest BCUT2D eigenvalue weighted by Crippen LogP contribution is 2.34. The van der Waals surface area contributed by atoms with E-state index in [1.165, 1.54) is 0 Å². The van der Waals surface area contributed by atoms with Crippen molar-refractivity contribution >= 4 is 15.7 Å². The summed E-state index contributed by atoms with van der Waals surface area (Å²) in [7, 11) is -3.82. The minimum atomic E-state index is -3.82. The fourth-order valence-electron chi connectivity index (χ4n) is 2.99. The summed E-state index contributed by atoms with van der Waals surface area (Å²) in [5.41, 5.74) is 6.57. The summed E-state index contributed by atoms with van der Waals surface area (Å²) in [4.78, 5) is 12.1.